The van der Waals surface area contributed by atoms with Crippen LogP contribution < -0.4 is 0 Å². The molecule has 1 aliphatic heterocycles. The van der Waals surface area contributed by atoms with Gasteiger partial charge in [0.15, 0.2) is 5.60 Å². The SMILES string of the molecule is O=S(=O)(Cc1cccc(F)c1)N1CCC(O)(C(F)(F)F)CC1. The molecule has 0 spiro atoms. The van der Waals surface area contributed by atoms with Crippen molar-refractivity contribution in [3.8, 4) is 0 Å². The molecule has 0 amide bonds. The van der Waals surface area contributed by atoms with Gasteiger partial charge in [0.25, 0.3) is 0 Å². The van der Waals surface area contributed by atoms with E-state index in [1.165, 1.54) is 18.2 Å². The number of halogens is 4. The van der Waals surface area contributed by atoms with Gasteiger partial charge in [-0.15, -0.1) is 0 Å². The van der Waals surface area contributed by atoms with E-state index in [-0.39, 0.29) is 5.56 Å². The Bertz CT molecular complexity index is 637. The predicted molar refractivity (Wildman–Crippen MR) is 70.8 cm³/mol. The van der Waals surface area contributed by atoms with Crippen LogP contribution in [0.25, 0.3) is 0 Å². The Labute approximate surface area is 125 Å². The molecule has 9 heteroatoms. The summed E-state index contributed by atoms with van der Waals surface area (Å²) in [6.45, 7) is -0.846. The van der Waals surface area contributed by atoms with E-state index >= 15 is 0 Å². The monoisotopic (exact) mass is 341 g/mol. The molecule has 1 fully saturated rings. The molecule has 0 radical (unpaired) electrons. The highest BCUT2D eigenvalue weighted by Crippen LogP contribution is 2.39. The number of benzene rings is 1. The molecule has 1 aromatic carbocycles. The van der Waals surface area contributed by atoms with Gasteiger partial charge in [0.1, 0.15) is 5.82 Å². The third-order valence-corrected chi connectivity index (χ3v) is 5.56. The van der Waals surface area contributed by atoms with Crippen LogP contribution >= 0.6 is 0 Å². The summed E-state index contributed by atoms with van der Waals surface area (Å²) in [5.74, 6) is -1.08. The molecule has 1 aliphatic rings. The highest BCUT2D eigenvalue weighted by Gasteiger charge is 2.55. The fourth-order valence-electron chi connectivity index (χ4n) is 2.35. The van der Waals surface area contributed by atoms with E-state index in [0.29, 0.717) is 0 Å². The van der Waals surface area contributed by atoms with E-state index in [0.717, 1.165) is 10.4 Å². The van der Waals surface area contributed by atoms with Crippen LogP contribution in [0.2, 0.25) is 0 Å². The summed E-state index contributed by atoms with van der Waals surface area (Å²) in [7, 11) is -3.86. The Morgan fingerprint density at radius 1 is 1.23 bits per heavy atom. The molecule has 1 aromatic rings. The fourth-order valence-corrected chi connectivity index (χ4v) is 3.87. The lowest BCUT2D eigenvalue weighted by Crippen LogP contribution is -2.54. The number of aliphatic hydroxyl groups is 1. The molecule has 2 rings (SSSR count). The van der Waals surface area contributed by atoms with Gasteiger partial charge in [-0.3, -0.25) is 0 Å². The maximum Gasteiger partial charge on any atom is 0.417 e. The third-order valence-electron chi connectivity index (χ3n) is 3.71. The number of nitrogens with zero attached hydrogens (tertiary/aromatic N) is 1. The highest BCUT2D eigenvalue weighted by atomic mass is 32.2. The van der Waals surface area contributed by atoms with Crippen molar-refractivity contribution in [1.82, 2.24) is 4.31 Å². The summed E-state index contributed by atoms with van der Waals surface area (Å²) in [6, 6.07) is 5.02. The normalized spacial score (nSPS) is 20.0. The first-order valence-corrected chi connectivity index (χ1v) is 8.16. The lowest BCUT2D eigenvalue weighted by atomic mass is 9.92. The maximum absolute atomic E-state index is 13.1. The Kier molecular flexibility index (Phi) is 4.51. The average Bonchev–Trinajstić information content (AvgIpc) is 2.37. The zero-order chi connectivity index (χ0) is 16.6. The summed E-state index contributed by atoms with van der Waals surface area (Å²) < 4.78 is 76.3. The van der Waals surface area contributed by atoms with Crippen LogP contribution in [0.4, 0.5) is 17.6 Å². The van der Waals surface area contributed by atoms with E-state index in [2.05, 4.69) is 0 Å². The summed E-state index contributed by atoms with van der Waals surface area (Å²) in [5.41, 5.74) is -2.63. The van der Waals surface area contributed by atoms with Gasteiger partial charge in [-0.2, -0.15) is 13.2 Å². The molecule has 22 heavy (non-hydrogen) atoms. The summed E-state index contributed by atoms with van der Waals surface area (Å²) in [4.78, 5) is 0. The summed E-state index contributed by atoms with van der Waals surface area (Å²) in [6.07, 6.45) is -6.21. The molecule has 1 N–H and O–H groups in total. The zero-order valence-electron chi connectivity index (χ0n) is 11.5. The minimum atomic E-state index is -4.79. The van der Waals surface area contributed by atoms with Crippen molar-refractivity contribution < 1.29 is 31.1 Å². The first kappa shape index (κ1) is 17.2. The fraction of sp³-hybridized carbons (Fsp3) is 0.538. The van der Waals surface area contributed by atoms with E-state index < -0.39 is 59.3 Å². The Balaban J connectivity index is 2.07. The van der Waals surface area contributed by atoms with Crippen molar-refractivity contribution >= 4 is 10.0 Å². The largest absolute Gasteiger partial charge is 0.417 e. The third kappa shape index (κ3) is 3.58. The van der Waals surface area contributed by atoms with Crippen LogP contribution in [0.15, 0.2) is 24.3 Å². The molecule has 1 heterocycles. The second kappa shape index (κ2) is 5.78. The van der Waals surface area contributed by atoms with Crippen LogP contribution in [0, 0.1) is 5.82 Å². The van der Waals surface area contributed by atoms with Gasteiger partial charge < -0.3 is 5.11 Å². The van der Waals surface area contributed by atoms with E-state index in [9.17, 15) is 31.1 Å². The standard InChI is InChI=1S/C13H15F4NO3S/c14-11-3-1-2-10(8-11)9-22(20,21)18-6-4-12(19,5-7-18)13(15,16)17/h1-3,8,19H,4-7,9H2. The number of hydrogen-bond donors (Lipinski definition) is 1. The van der Waals surface area contributed by atoms with Gasteiger partial charge in [0.05, 0.1) is 5.75 Å². The van der Waals surface area contributed by atoms with Crippen molar-refractivity contribution in [2.45, 2.75) is 30.4 Å². The van der Waals surface area contributed by atoms with Crippen molar-refractivity contribution in [1.29, 1.82) is 0 Å². The van der Waals surface area contributed by atoms with E-state index in [1.807, 2.05) is 0 Å². The second-order valence-electron chi connectivity index (χ2n) is 5.31. The van der Waals surface area contributed by atoms with Gasteiger partial charge in [0.2, 0.25) is 10.0 Å². The minimum absolute atomic E-state index is 0.219. The van der Waals surface area contributed by atoms with E-state index in [4.69, 9.17) is 0 Å². The first-order chi connectivity index (χ1) is 10.0. The quantitative estimate of drug-likeness (QED) is 0.856. The Morgan fingerprint density at radius 2 is 1.82 bits per heavy atom. The lowest BCUT2D eigenvalue weighted by Gasteiger charge is -2.38. The number of sulfonamides is 1. The van der Waals surface area contributed by atoms with Crippen LogP contribution in [0.5, 0.6) is 0 Å². The number of alkyl halides is 3. The second-order valence-corrected chi connectivity index (χ2v) is 7.28. The molecular weight excluding hydrogens is 326 g/mol. The van der Waals surface area contributed by atoms with Crippen LogP contribution in [0.1, 0.15) is 18.4 Å². The van der Waals surface area contributed by atoms with Crippen LogP contribution in [0.3, 0.4) is 0 Å². The Hall–Kier alpha value is -1.19. The van der Waals surface area contributed by atoms with Crippen molar-refractivity contribution in [3.05, 3.63) is 35.6 Å². The first-order valence-electron chi connectivity index (χ1n) is 6.55. The smallest absolute Gasteiger partial charge is 0.380 e. The average molecular weight is 341 g/mol. The Morgan fingerprint density at radius 3 is 2.32 bits per heavy atom. The van der Waals surface area contributed by atoms with Crippen molar-refractivity contribution in [2.75, 3.05) is 13.1 Å². The van der Waals surface area contributed by atoms with Gasteiger partial charge in [-0.25, -0.2) is 17.1 Å². The van der Waals surface area contributed by atoms with Gasteiger partial charge in [0, 0.05) is 13.1 Å². The minimum Gasteiger partial charge on any atom is -0.380 e. The van der Waals surface area contributed by atoms with Gasteiger partial charge in [-0.05, 0) is 30.5 Å². The van der Waals surface area contributed by atoms with E-state index in [1.54, 1.807) is 0 Å². The molecule has 4 nitrogen and oxygen atoms in total. The zero-order valence-corrected chi connectivity index (χ0v) is 12.3. The summed E-state index contributed by atoms with van der Waals surface area (Å²) in [5, 5.41) is 9.52. The molecule has 124 valence electrons. The van der Waals surface area contributed by atoms with Crippen LogP contribution in [-0.2, 0) is 15.8 Å². The highest BCUT2D eigenvalue weighted by molar-refractivity contribution is 7.88. The molecular formula is C13H15F4NO3S. The molecule has 0 bridgehead atoms. The molecule has 0 atom stereocenters. The topological polar surface area (TPSA) is 57.6 Å². The number of piperidine rings is 1. The molecule has 0 aromatic heterocycles. The molecule has 1 saturated heterocycles. The van der Waals surface area contributed by atoms with Crippen LogP contribution in [-0.4, -0.2) is 42.7 Å². The predicted octanol–water partition coefficient (Wildman–Crippen LogP) is 2.04. The molecule has 0 aliphatic carbocycles. The lowest BCUT2D eigenvalue weighted by molar-refractivity contribution is -0.270. The van der Waals surface area contributed by atoms with Gasteiger partial charge >= 0.3 is 6.18 Å². The maximum atomic E-state index is 13.1. The van der Waals surface area contributed by atoms with Gasteiger partial charge in [-0.1, -0.05) is 12.1 Å². The molecule has 0 unspecified atom stereocenters. The number of hydrogen-bond acceptors (Lipinski definition) is 3. The van der Waals surface area contributed by atoms with Crippen molar-refractivity contribution in [2.24, 2.45) is 0 Å². The van der Waals surface area contributed by atoms with Crippen molar-refractivity contribution in [3.63, 3.8) is 0 Å². The number of rotatable bonds is 3. The summed E-state index contributed by atoms with van der Waals surface area (Å²) >= 11 is 0. The molecule has 0 saturated carbocycles.